The van der Waals surface area contributed by atoms with E-state index < -0.39 is 12.1 Å². The van der Waals surface area contributed by atoms with Crippen LogP contribution in [0, 0.1) is 0 Å². The van der Waals surface area contributed by atoms with Crippen molar-refractivity contribution in [2.24, 2.45) is 0 Å². The van der Waals surface area contributed by atoms with E-state index in [9.17, 15) is 9.90 Å². The van der Waals surface area contributed by atoms with Gasteiger partial charge in [-0.05, 0) is 12.8 Å². The van der Waals surface area contributed by atoms with E-state index in [2.05, 4.69) is 6.92 Å². The fourth-order valence-corrected chi connectivity index (χ4v) is 2.70. The molecule has 3 N–H and O–H groups in total. The summed E-state index contributed by atoms with van der Waals surface area (Å²) in [4.78, 5) is 10.2. The van der Waals surface area contributed by atoms with Crippen molar-refractivity contribution in [1.29, 1.82) is 0 Å². The van der Waals surface area contributed by atoms with Crippen LogP contribution in [0.2, 0.25) is 0 Å². The smallest absolute Gasteiger partial charge is 1.00 e. The summed E-state index contributed by atoms with van der Waals surface area (Å²) in [6, 6.07) is 0. The molecule has 0 atom stereocenters. The molecule has 28 heavy (non-hydrogen) atoms. The van der Waals surface area contributed by atoms with Crippen molar-refractivity contribution < 1.29 is 37.6 Å². The van der Waals surface area contributed by atoms with E-state index in [0.29, 0.717) is 0 Å². The molecule has 0 spiro atoms. The van der Waals surface area contributed by atoms with Gasteiger partial charge in [-0.3, -0.25) is 0 Å². The molecule has 0 unspecified atom stereocenters. The average molecular weight is 451 g/mol. The number of carbonyl (C=O) groups is 1. The Morgan fingerprint density at radius 1 is 0.714 bits per heavy atom. The number of hydrogen-bond donors (Lipinski definition) is 3. The summed E-state index contributed by atoms with van der Waals surface area (Å²) in [5.41, 5.74) is 0. The molecule has 0 aliphatic carbocycles. The zero-order chi connectivity index (χ0) is 19.9. The third-order valence-corrected chi connectivity index (χ3v) is 4.41. The minimum absolute atomic E-state index is 0. The van der Waals surface area contributed by atoms with Crippen LogP contribution in [0.15, 0.2) is 0 Å². The standard InChI is InChI=1S/C18H36O2.C3H8O3.Ca.ClH/c1-2-3-4-5-6-7-8-9-10-11-12-13-14-15-16-17-18(19)20;4-1-3(6)2-5;;/h2-17H2,1H3,(H,19,20);3-6H,1-2H2;;1H/q;;+2;/p-2. The van der Waals surface area contributed by atoms with Crippen LogP contribution in [-0.2, 0) is 4.79 Å². The van der Waals surface area contributed by atoms with Crippen molar-refractivity contribution in [2.75, 3.05) is 13.2 Å². The maximum absolute atomic E-state index is 10.2. The summed E-state index contributed by atoms with van der Waals surface area (Å²) < 4.78 is 0. The molecule has 0 aromatic heterocycles. The number of carboxylic acid groups (broad SMARTS) is 1. The summed E-state index contributed by atoms with van der Waals surface area (Å²) in [7, 11) is 0. The van der Waals surface area contributed by atoms with Gasteiger partial charge in [-0.15, -0.1) is 0 Å². The van der Waals surface area contributed by atoms with Crippen LogP contribution in [0.4, 0.5) is 0 Å². The molecule has 0 heterocycles. The Labute approximate surface area is 209 Å². The quantitative estimate of drug-likeness (QED) is 0.201. The van der Waals surface area contributed by atoms with Crippen molar-refractivity contribution in [3.8, 4) is 0 Å². The minimum Gasteiger partial charge on any atom is -1.00 e. The number of aliphatic hydroxyl groups is 3. The first-order valence-corrected chi connectivity index (χ1v) is 10.7. The van der Waals surface area contributed by atoms with Gasteiger partial charge in [-0.2, -0.15) is 0 Å². The van der Waals surface area contributed by atoms with Crippen LogP contribution >= 0.6 is 0 Å². The average Bonchev–Trinajstić information content (AvgIpc) is 2.64. The number of carboxylic acids is 1. The summed E-state index contributed by atoms with van der Waals surface area (Å²) in [5.74, 6) is -0.903. The number of unbranched alkanes of at least 4 members (excludes halogenated alkanes) is 14. The minimum atomic E-state index is -0.954. The molecule has 0 radical (unpaired) electrons. The van der Waals surface area contributed by atoms with Crippen LogP contribution in [0.25, 0.3) is 0 Å². The number of aliphatic hydroxyl groups excluding tert-OH is 3. The zero-order valence-electron chi connectivity index (χ0n) is 18.0. The molecule has 0 saturated heterocycles. The SMILES string of the molecule is CCCCCCCCCCCCCCCCCC(=O)[O-].OCC(O)CO.[Ca+2].[Cl-]. The predicted octanol–water partition coefficient (Wildman–Crippen LogP) is -0.0471. The maximum atomic E-state index is 10.2. The number of halogens is 1. The summed E-state index contributed by atoms with van der Waals surface area (Å²) in [6.07, 6.45) is 18.9. The molecule has 7 heteroatoms. The van der Waals surface area contributed by atoms with E-state index in [4.69, 9.17) is 15.3 Å². The van der Waals surface area contributed by atoms with Gasteiger partial charge in [-0.1, -0.05) is 96.8 Å². The van der Waals surface area contributed by atoms with Gasteiger partial charge in [-0.25, -0.2) is 0 Å². The molecule has 0 aromatic rings. The number of aliphatic carboxylic acids is 1. The molecular formula is C21H43CaClO5. The Bertz CT molecular complexity index is 280. The van der Waals surface area contributed by atoms with Gasteiger partial charge in [0.05, 0.1) is 13.2 Å². The van der Waals surface area contributed by atoms with Gasteiger partial charge < -0.3 is 37.6 Å². The Kier molecular flexibility index (Phi) is 42.2. The monoisotopic (exact) mass is 450 g/mol. The van der Waals surface area contributed by atoms with Crippen molar-refractivity contribution in [3.05, 3.63) is 0 Å². The molecule has 0 amide bonds. The van der Waals surface area contributed by atoms with Gasteiger partial charge in [0.15, 0.2) is 0 Å². The second kappa shape index (κ2) is 32.6. The molecule has 0 aromatic carbocycles. The fraction of sp³-hybridized carbons (Fsp3) is 0.952. The summed E-state index contributed by atoms with van der Waals surface area (Å²) in [6.45, 7) is 1.54. The second-order valence-electron chi connectivity index (χ2n) is 7.09. The Balaban J connectivity index is -0.000000312. The summed E-state index contributed by atoms with van der Waals surface area (Å²) in [5, 5.41) is 34.2. The number of rotatable bonds is 18. The van der Waals surface area contributed by atoms with E-state index in [1.165, 1.54) is 83.5 Å². The third kappa shape index (κ3) is 37.6. The molecule has 0 bridgehead atoms. The van der Waals surface area contributed by atoms with Crippen molar-refractivity contribution in [3.63, 3.8) is 0 Å². The van der Waals surface area contributed by atoms with E-state index in [1.54, 1.807) is 0 Å². The predicted molar refractivity (Wildman–Crippen MR) is 110 cm³/mol. The first-order chi connectivity index (χ1) is 12.6. The van der Waals surface area contributed by atoms with Gasteiger partial charge in [0, 0.05) is 5.97 Å². The van der Waals surface area contributed by atoms with Crippen molar-refractivity contribution >= 4 is 43.7 Å². The van der Waals surface area contributed by atoms with E-state index in [1.807, 2.05) is 0 Å². The van der Waals surface area contributed by atoms with Crippen LogP contribution in [0.1, 0.15) is 110 Å². The third-order valence-electron chi connectivity index (χ3n) is 4.41. The molecule has 0 aliphatic heterocycles. The first-order valence-electron chi connectivity index (χ1n) is 10.7. The van der Waals surface area contributed by atoms with E-state index in [0.717, 1.165) is 12.8 Å². The fourth-order valence-electron chi connectivity index (χ4n) is 2.70. The number of carbonyl (C=O) groups excluding carboxylic acids is 1. The zero-order valence-corrected chi connectivity index (χ0v) is 21.0. The van der Waals surface area contributed by atoms with Crippen LogP contribution in [-0.4, -0.2) is 78.3 Å². The molecule has 0 aliphatic rings. The molecule has 0 fully saturated rings. The van der Waals surface area contributed by atoms with Crippen LogP contribution in [0.5, 0.6) is 0 Å². The summed E-state index contributed by atoms with van der Waals surface area (Å²) >= 11 is 0. The molecule has 5 nitrogen and oxygen atoms in total. The van der Waals surface area contributed by atoms with Crippen molar-refractivity contribution in [1.82, 2.24) is 0 Å². The molecular weight excluding hydrogens is 408 g/mol. The van der Waals surface area contributed by atoms with Gasteiger partial charge in [0.2, 0.25) is 0 Å². The Morgan fingerprint density at radius 2 is 1.00 bits per heavy atom. The Hall–Kier alpha value is 0.900. The van der Waals surface area contributed by atoms with E-state index >= 15 is 0 Å². The molecule has 0 rings (SSSR count). The molecule has 166 valence electrons. The number of hydrogen-bond acceptors (Lipinski definition) is 5. The van der Waals surface area contributed by atoms with Crippen molar-refractivity contribution in [2.45, 2.75) is 116 Å². The van der Waals surface area contributed by atoms with Gasteiger partial charge in [0.25, 0.3) is 0 Å². The first kappa shape index (κ1) is 36.3. The topological polar surface area (TPSA) is 101 Å². The largest absolute Gasteiger partial charge is 2.00 e. The second-order valence-corrected chi connectivity index (χ2v) is 7.09. The maximum Gasteiger partial charge on any atom is 2.00 e. The molecule has 0 saturated carbocycles. The Morgan fingerprint density at radius 3 is 1.21 bits per heavy atom. The van der Waals surface area contributed by atoms with Gasteiger partial charge in [0.1, 0.15) is 6.10 Å². The van der Waals surface area contributed by atoms with Crippen LogP contribution in [0.3, 0.4) is 0 Å². The van der Waals surface area contributed by atoms with E-state index in [-0.39, 0.29) is 69.8 Å². The van der Waals surface area contributed by atoms with Gasteiger partial charge >= 0.3 is 37.7 Å². The van der Waals surface area contributed by atoms with Crippen LogP contribution < -0.4 is 17.5 Å². The normalized spacial score (nSPS) is 9.89.